The first kappa shape index (κ1) is 18.1. The van der Waals surface area contributed by atoms with E-state index in [9.17, 15) is 13.9 Å². The molecule has 1 aliphatic heterocycles. The second-order valence-electron chi connectivity index (χ2n) is 6.31. The van der Waals surface area contributed by atoms with E-state index in [1.54, 1.807) is 4.90 Å². The fraction of sp³-hybridized carbons (Fsp3) is 0.643. The monoisotopic (exact) mass is 411 g/mol. The molecule has 2 rings (SSSR count). The maximum atomic E-state index is 12.2. The van der Waals surface area contributed by atoms with Crippen molar-refractivity contribution in [1.82, 2.24) is 4.90 Å². The van der Waals surface area contributed by atoms with Crippen LogP contribution in [0.4, 0.5) is 4.79 Å². The lowest BCUT2D eigenvalue weighted by atomic mass is 10.2. The van der Waals surface area contributed by atoms with Gasteiger partial charge in [0.2, 0.25) is 0 Å². The van der Waals surface area contributed by atoms with E-state index in [1.807, 2.05) is 32.9 Å². The number of ether oxygens (including phenoxy) is 1. The molecule has 0 bridgehead atoms. The quantitative estimate of drug-likeness (QED) is 0.685. The molecule has 2 N–H and O–H groups in total. The summed E-state index contributed by atoms with van der Waals surface area (Å²) in [5, 5.41) is -0.323. The Kier molecular flexibility index (Phi) is 5.49. The average molecular weight is 412 g/mol. The van der Waals surface area contributed by atoms with Crippen LogP contribution >= 0.6 is 37.9 Å². The van der Waals surface area contributed by atoms with Crippen LogP contribution < -0.4 is 0 Å². The summed E-state index contributed by atoms with van der Waals surface area (Å²) < 4.78 is 27.3. The number of hydrogen-bond donors (Lipinski definition) is 2. The number of carbonyl (C=O) groups excluding carboxylic acids is 1. The van der Waals surface area contributed by atoms with E-state index >= 15 is 0 Å². The summed E-state index contributed by atoms with van der Waals surface area (Å²) >= 11 is 4.91. The minimum absolute atomic E-state index is 0.187. The van der Waals surface area contributed by atoms with Crippen LogP contribution in [0.3, 0.4) is 0 Å². The zero-order valence-electron chi connectivity index (χ0n) is 12.9. The molecular formula is C14H22BrNO4S2. The van der Waals surface area contributed by atoms with Crippen molar-refractivity contribution in [3.8, 4) is 0 Å². The van der Waals surface area contributed by atoms with Gasteiger partial charge in [-0.05, 0) is 55.3 Å². The number of thiophene rings is 1. The molecule has 0 radical (unpaired) electrons. The zero-order valence-corrected chi connectivity index (χ0v) is 16.1. The molecule has 2 heterocycles. The Bertz CT molecular complexity index is 541. The number of halogens is 1. The van der Waals surface area contributed by atoms with Crippen LogP contribution in [0.1, 0.15) is 37.3 Å². The van der Waals surface area contributed by atoms with E-state index in [4.69, 9.17) is 4.74 Å². The van der Waals surface area contributed by atoms with Crippen molar-refractivity contribution in [3.63, 3.8) is 0 Å². The second kappa shape index (κ2) is 6.68. The van der Waals surface area contributed by atoms with Crippen LogP contribution in [0.15, 0.2) is 15.9 Å². The van der Waals surface area contributed by atoms with E-state index in [2.05, 4.69) is 15.9 Å². The normalized spacial score (nSPS) is 23.7. The van der Waals surface area contributed by atoms with Crippen molar-refractivity contribution in [2.45, 2.75) is 38.0 Å². The highest BCUT2D eigenvalue weighted by atomic mass is 79.9. The smallest absolute Gasteiger partial charge is 0.410 e. The number of nitrogens with zero attached hydrogens (tertiary/aromatic N) is 1. The Morgan fingerprint density at radius 2 is 2.09 bits per heavy atom. The summed E-state index contributed by atoms with van der Waals surface area (Å²) in [6.07, 6.45) is 0.129. The molecule has 0 aromatic carbocycles. The van der Waals surface area contributed by atoms with Crippen LogP contribution in [0, 0.1) is 0 Å². The zero-order chi connectivity index (χ0) is 16.5. The first-order valence-electron chi connectivity index (χ1n) is 7.06. The summed E-state index contributed by atoms with van der Waals surface area (Å²) in [6, 6.07) is 3.82. The van der Waals surface area contributed by atoms with Crippen LogP contribution in [-0.2, 0) is 4.74 Å². The fourth-order valence-electron chi connectivity index (χ4n) is 2.30. The third-order valence-electron chi connectivity index (χ3n) is 3.34. The number of carbonyl (C=O) groups is 1. The molecule has 126 valence electrons. The molecule has 1 amide bonds. The van der Waals surface area contributed by atoms with Gasteiger partial charge in [-0.1, -0.05) is 0 Å². The minimum Gasteiger partial charge on any atom is -0.444 e. The van der Waals surface area contributed by atoms with Gasteiger partial charge in [0.25, 0.3) is 0 Å². The van der Waals surface area contributed by atoms with Crippen molar-refractivity contribution in [1.29, 1.82) is 0 Å². The Morgan fingerprint density at radius 3 is 2.64 bits per heavy atom. The lowest BCUT2D eigenvalue weighted by Crippen LogP contribution is -2.38. The molecule has 22 heavy (non-hydrogen) atoms. The summed E-state index contributed by atoms with van der Waals surface area (Å²) in [7, 11) is -2.77. The molecule has 1 fully saturated rings. The maximum Gasteiger partial charge on any atom is 0.410 e. The van der Waals surface area contributed by atoms with Crippen LogP contribution in [0.5, 0.6) is 0 Å². The first-order chi connectivity index (χ1) is 10.1. The molecule has 0 saturated carbocycles. The molecule has 0 aliphatic carbocycles. The summed E-state index contributed by atoms with van der Waals surface area (Å²) in [5.41, 5.74) is -0.552. The predicted octanol–water partition coefficient (Wildman–Crippen LogP) is 4.94. The van der Waals surface area contributed by atoms with Gasteiger partial charge in [-0.2, -0.15) is 10.6 Å². The number of rotatable bonds is 1. The van der Waals surface area contributed by atoms with Gasteiger partial charge in [-0.15, -0.1) is 11.3 Å². The third-order valence-corrected chi connectivity index (χ3v) is 7.41. The average Bonchev–Trinajstić information content (AvgIpc) is 2.69. The lowest BCUT2D eigenvalue weighted by molar-refractivity contribution is 0.0263. The van der Waals surface area contributed by atoms with Gasteiger partial charge in [-0.25, -0.2) is 4.79 Å². The molecule has 5 nitrogen and oxygen atoms in total. The topological polar surface area (TPSA) is 70.0 Å². The van der Waals surface area contributed by atoms with Gasteiger partial charge in [-0.3, -0.25) is 9.11 Å². The SMILES string of the molecule is CC(C)(C)OC(=O)N1CC[C@@H](c2ccc(Br)s2)S(O)(O)CC1. The molecule has 0 spiro atoms. The Morgan fingerprint density at radius 1 is 1.41 bits per heavy atom. The van der Waals surface area contributed by atoms with Gasteiger partial charge < -0.3 is 9.64 Å². The Hall–Kier alpha value is -0.280. The Labute approximate surface area is 145 Å². The largest absolute Gasteiger partial charge is 0.444 e. The van der Waals surface area contributed by atoms with Crippen molar-refractivity contribution in [2.75, 3.05) is 18.8 Å². The first-order valence-corrected chi connectivity index (χ1v) is 10.5. The molecule has 1 saturated heterocycles. The van der Waals surface area contributed by atoms with E-state index in [1.165, 1.54) is 11.3 Å². The van der Waals surface area contributed by atoms with Gasteiger partial charge in [0, 0.05) is 18.0 Å². The van der Waals surface area contributed by atoms with Crippen molar-refractivity contribution in [2.24, 2.45) is 0 Å². The maximum absolute atomic E-state index is 12.2. The van der Waals surface area contributed by atoms with Crippen molar-refractivity contribution >= 4 is 43.9 Å². The highest BCUT2D eigenvalue weighted by molar-refractivity contribution is 9.11. The molecule has 1 atom stereocenters. The highest BCUT2D eigenvalue weighted by Gasteiger charge is 2.34. The summed E-state index contributed by atoms with van der Waals surface area (Å²) in [4.78, 5) is 14.7. The van der Waals surface area contributed by atoms with E-state index in [-0.39, 0.29) is 11.0 Å². The molecule has 1 aliphatic rings. The number of amides is 1. The molecule has 0 unspecified atom stereocenters. The van der Waals surface area contributed by atoms with Gasteiger partial charge in [0.1, 0.15) is 5.60 Å². The molecule has 1 aromatic rings. The second-order valence-corrected chi connectivity index (χ2v) is 11.2. The van der Waals surface area contributed by atoms with Crippen LogP contribution in [-0.4, -0.2) is 44.5 Å². The third kappa shape index (κ3) is 4.61. The number of hydrogen-bond acceptors (Lipinski definition) is 5. The van der Waals surface area contributed by atoms with E-state index in [0.717, 1.165) is 8.66 Å². The Balaban J connectivity index is 2.11. The van der Waals surface area contributed by atoms with Crippen molar-refractivity contribution < 1.29 is 18.6 Å². The molecular weight excluding hydrogens is 390 g/mol. The predicted molar refractivity (Wildman–Crippen MR) is 94.9 cm³/mol. The standard InChI is InChI=1S/C14H22BrNO4S2/c1-14(2,3)20-13(17)16-7-6-11(22(18,19)9-8-16)10-4-5-12(15)21-10/h4-5,11,18-19H,6-9H2,1-3H3/t11-/m0/s1. The highest BCUT2D eigenvalue weighted by Crippen LogP contribution is 2.57. The molecule has 8 heteroatoms. The minimum atomic E-state index is -2.77. The molecule has 1 aromatic heterocycles. The van der Waals surface area contributed by atoms with Gasteiger partial charge in [0.05, 0.1) is 14.8 Å². The van der Waals surface area contributed by atoms with Crippen LogP contribution in [0.25, 0.3) is 0 Å². The van der Waals surface area contributed by atoms with E-state index in [0.29, 0.717) is 19.5 Å². The summed E-state index contributed by atoms with van der Waals surface area (Å²) in [5.74, 6) is 0.187. The van der Waals surface area contributed by atoms with E-state index < -0.39 is 22.3 Å². The fourth-order valence-corrected chi connectivity index (χ4v) is 6.05. The summed E-state index contributed by atoms with van der Waals surface area (Å²) in [6.45, 7) is 6.23. The van der Waals surface area contributed by atoms with Gasteiger partial charge in [0.15, 0.2) is 0 Å². The van der Waals surface area contributed by atoms with Crippen molar-refractivity contribution in [3.05, 3.63) is 20.8 Å². The lowest BCUT2D eigenvalue weighted by Gasteiger charge is -2.38. The van der Waals surface area contributed by atoms with Gasteiger partial charge >= 0.3 is 6.09 Å². The van der Waals surface area contributed by atoms with Crippen LogP contribution in [0.2, 0.25) is 0 Å².